The summed E-state index contributed by atoms with van der Waals surface area (Å²) in [6.07, 6.45) is 1.76. The van der Waals surface area contributed by atoms with Crippen LogP contribution in [0, 0.1) is 13.8 Å². The summed E-state index contributed by atoms with van der Waals surface area (Å²) in [4.78, 5) is 35.0. The van der Waals surface area contributed by atoms with Gasteiger partial charge in [-0.2, -0.15) is 0 Å². The van der Waals surface area contributed by atoms with Gasteiger partial charge in [0.05, 0.1) is 17.9 Å². The van der Waals surface area contributed by atoms with Gasteiger partial charge in [0, 0.05) is 11.3 Å². The third-order valence-electron chi connectivity index (χ3n) is 4.45. The van der Waals surface area contributed by atoms with Crippen molar-refractivity contribution in [3.8, 4) is 11.3 Å². The Balaban J connectivity index is 1.77. The van der Waals surface area contributed by atoms with Crippen molar-refractivity contribution >= 4 is 11.7 Å². The van der Waals surface area contributed by atoms with Crippen molar-refractivity contribution in [3.63, 3.8) is 0 Å². The first kappa shape index (κ1) is 17.7. The lowest BCUT2D eigenvalue weighted by Gasteiger charge is -2.11. The summed E-state index contributed by atoms with van der Waals surface area (Å²) in [5.41, 5.74) is 4.29. The predicted molar refractivity (Wildman–Crippen MR) is 100 cm³/mol. The molecule has 0 spiro atoms. The SMILES string of the molecule is CC(=O)c1c(C)[nH]c(C(=O)NC(C)c2ncc(-c3ccccc3)[nH]2)c1C. The fraction of sp³-hybridized carbons (Fsp3) is 0.250. The Morgan fingerprint density at radius 3 is 2.42 bits per heavy atom. The third-order valence-corrected chi connectivity index (χ3v) is 4.45. The first-order valence-electron chi connectivity index (χ1n) is 8.49. The number of Topliss-reactive ketones (excluding diaryl/α,β-unsaturated/α-hetero) is 1. The Hall–Kier alpha value is -3.15. The Morgan fingerprint density at radius 1 is 1.12 bits per heavy atom. The van der Waals surface area contributed by atoms with Crippen molar-refractivity contribution in [2.75, 3.05) is 0 Å². The molecule has 0 bridgehead atoms. The monoisotopic (exact) mass is 350 g/mol. The average Bonchev–Trinajstić information content (AvgIpc) is 3.20. The molecule has 0 radical (unpaired) electrons. The van der Waals surface area contributed by atoms with Gasteiger partial charge in [-0.05, 0) is 38.8 Å². The molecule has 0 aliphatic carbocycles. The highest BCUT2D eigenvalue weighted by atomic mass is 16.2. The largest absolute Gasteiger partial charge is 0.354 e. The molecule has 6 nitrogen and oxygen atoms in total. The lowest BCUT2D eigenvalue weighted by molar-refractivity contribution is 0.0933. The minimum Gasteiger partial charge on any atom is -0.354 e. The fourth-order valence-corrected chi connectivity index (χ4v) is 3.16. The van der Waals surface area contributed by atoms with Crippen molar-refractivity contribution < 1.29 is 9.59 Å². The van der Waals surface area contributed by atoms with E-state index in [-0.39, 0.29) is 17.7 Å². The molecular formula is C20H22N4O2. The molecular weight excluding hydrogens is 328 g/mol. The maximum absolute atomic E-state index is 12.6. The summed E-state index contributed by atoms with van der Waals surface area (Å²) in [5, 5.41) is 2.92. The molecule has 6 heteroatoms. The van der Waals surface area contributed by atoms with E-state index in [0.29, 0.717) is 28.3 Å². The van der Waals surface area contributed by atoms with E-state index < -0.39 is 0 Å². The van der Waals surface area contributed by atoms with Crippen LogP contribution in [0.3, 0.4) is 0 Å². The maximum Gasteiger partial charge on any atom is 0.268 e. The van der Waals surface area contributed by atoms with Gasteiger partial charge in [-0.3, -0.25) is 9.59 Å². The molecule has 3 N–H and O–H groups in total. The zero-order valence-corrected chi connectivity index (χ0v) is 15.3. The zero-order valence-electron chi connectivity index (χ0n) is 15.3. The number of aromatic amines is 2. The number of carbonyl (C=O) groups excluding carboxylic acids is 2. The molecule has 2 aromatic heterocycles. The predicted octanol–water partition coefficient (Wildman–Crippen LogP) is 3.72. The van der Waals surface area contributed by atoms with Gasteiger partial charge in [0.15, 0.2) is 5.78 Å². The Bertz CT molecular complexity index is 954. The van der Waals surface area contributed by atoms with Crippen LogP contribution >= 0.6 is 0 Å². The van der Waals surface area contributed by atoms with E-state index in [1.165, 1.54) is 6.92 Å². The number of nitrogens with zero attached hydrogens (tertiary/aromatic N) is 1. The molecule has 0 saturated heterocycles. The summed E-state index contributed by atoms with van der Waals surface area (Å²) in [7, 11) is 0. The van der Waals surface area contributed by atoms with E-state index in [1.807, 2.05) is 37.3 Å². The number of benzene rings is 1. The highest BCUT2D eigenvalue weighted by Crippen LogP contribution is 2.21. The second-order valence-electron chi connectivity index (χ2n) is 6.42. The third kappa shape index (κ3) is 3.31. The van der Waals surface area contributed by atoms with Gasteiger partial charge in [-0.1, -0.05) is 30.3 Å². The Morgan fingerprint density at radius 2 is 1.81 bits per heavy atom. The highest BCUT2D eigenvalue weighted by Gasteiger charge is 2.22. The number of ketones is 1. The van der Waals surface area contributed by atoms with Crippen molar-refractivity contribution in [2.45, 2.75) is 33.7 Å². The summed E-state index contributed by atoms with van der Waals surface area (Å²) in [5.74, 6) is 0.357. The molecule has 3 rings (SSSR count). The van der Waals surface area contributed by atoms with Crippen LogP contribution in [0.1, 0.15) is 57.8 Å². The van der Waals surface area contributed by atoms with Crippen LogP contribution in [0.15, 0.2) is 36.5 Å². The van der Waals surface area contributed by atoms with Crippen LogP contribution in [0.25, 0.3) is 11.3 Å². The maximum atomic E-state index is 12.6. The van der Waals surface area contributed by atoms with Gasteiger partial charge in [0.25, 0.3) is 5.91 Å². The fourth-order valence-electron chi connectivity index (χ4n) is 3.16. The van der Waals surface area contributed by atoms with Crippen LogP contribution < -0.4 is 5.32 Å². The lowest BCUT2D eigenvalue weighted by atomic mass is 10.1. The highest BCUT2D eigenvalue weighted by molar-refractivity contribution is 6.02. The number of aryl methyl sites for hydroxylation is 1. The first-order valence-corrected chi connectivity index (χ1v) is 8.49. The van der Waals surface area contributed by atoms with Gasteiger partial charge < -0.3 is 15.3 Å². The molecule has 1 amide bonds. The van der Waals surface area contributed by atoms with Crippen molar-refractivity contribution in [1.29, 1.82) is 0 Å². The molecule has 0 aliphatic heterocycles. The van der Waals surface area contributed by atoms with Gasteiger partial charge in [-0.15, -0.1) is 0 Å². The van der Waals surface area contributed by atoms with Crippen molar-refractivity contribution in [3.05, 3.63) is 64.9 Å². The Labute approximate surface area is 152 Å². The normalized spacial score (nSPS) is 12.0. The molecule has 1 unspecified atom stereocenters. The van der Waals surface area contributed by atoms with Crippen LogP contribution in [0.4, 0.5) is 0 Å². The molecule has 134 valence electrons. The van der Waals surface area contributed by atoms with Crippen LogP contribution in [0.2, 0.25) is 0 Å². The van der Waals surface area contributed by atoms with Crippen LogP contribution in [-0.2, 0) is 0 Å². The minimum absolute atomic E-state index is 0.0538. The van der Waals surface area contributed by atoms with E-state index in [1.54, 1.807) is 20.0 Å². The lowest BCUT2D eigenvalue weighted by Crippen LogP contribution is -2.28. The molecule has 2 heterocycles. The molecule has 1 atom stereocenters. The summed E-state index contributed by atoms with van der Waals surface area (Å²) in [6, 6.07) is 9.57. The van der Waals surface area contributed by atoms with E-state index in [2.05, 4.69) is 20.3 Å². The Kier molecular flexibility index (Phi) is 4.75. The first-order chi connectivity index (χ1) is 12.4. The second kappa shape index (κ2) is 7.00. The standard InChI is InChI=1S/C20H22N4O2/c1-11-17(14(4)25)12(2)22-18(11)20(26)23-13(3)19-21-10-16(24-19)15-8-6-5-7-9-15/h5-10,13,22H,1-4H3,(H,21,24)(H,23,26). The number of carbonyl (C=O) groups is 2. The molecule has 0 fully saturated rings. The molecule has 26 heavy (non-hydrogen) atoms. The van der Waals surface area contributed by atoms with Crippen LogP contribution in [-0.4, -0.2) is 26.6 Å². The number of H-pyrrole nitrogens is 2. The number of amides is 1. The minimum atomic E-state index is -0.302. The average molecular weight is 350 g/mol. The zero-order chi connectivity index (χ0) is 18.8. The number of hydrogen-bond donors (Lipinski definition) is 3. The quantitative estimate of drug-likeness (QED) is 0.613. The number of hydrogen-bond acceptors (Lipinski definition) is 3. The number of imidazole rings is 1. The van der Waals surface area contributed by atoms with Gasteiger partial charge in [0.1, 0.15) is 11.5 Å². The molecule has 0 saturated carbocycles. The van der Waals surface area contributed by atoms with Gasteiger partial charge in [-0.25, -0.2) is 4.98 Å². The van der Waals surface area contributed by atoms with Crippen LogP contribution in [0.5, 0.6) is 0 Å². The van der Waals surface area contributed by atoms with Crippen molar-refractivity contribution in [2.24, 2.45) is 0 Å². The smallest absolute Gasteiger partial charge is 0.268 e. The molecule has 3 aromatic rings. The number of rotatable bonds is 5. The number of nitrogens with one attached hydrogen (secondary N) is 3. The van der Waals surface area contributed by atoms with E-state index in [4.69, 9.17) is 0 Å². The van der Waals surface area contributed by atoms with Gasteiger partial charge >= 0.3 is 0 Å². The second-order valence-corrected chi connectivity index (χ2v) is 6.42. The van der Waals surface area contributed by atoms with Crippen molar-refractivity contribution in [1.82, 2.24) is 20.3 Å². The molecule has 0 aliphatic rings. The van der Waals surface area contributed by atoms with Gasteiger partial charge in [0.2, 0.25) is 0 Å². The van der Waals surface area contributed by atoms with E-state index >= 15 is 0 Å². The summed E-state index contributed by atoms with van der Waals surface area (Å²) in [6.45, 7) is 6.94. The topological polar surface area (TPSA) is 90.6 Å². The number of aromatic nitrogens is 3. The summed E-state index contributed by atoms with van der Waals surface area (Å²) >= 11 is 0. The van der Waals surface area contributed by atoms with E-state index in [9.17, 15) is 9.59 Å². The summed E-state index contributed by atoms with van der Waals surface area (Å²) < 4.78 is 0. The van der Waals surface area contributed by atoms with E-state index in [0.717, 1.165) is 11.3 Å². The molecule has 1 aromatic carbocycles.